The Morgan fingerprint density at radius 1 is 1.18 bits per heavy atom. The summed E-state index contributed by atoms with van der Waals surface area (Å²) < 4.78 is 41.4. The number of carboxylic acid groups (broad SMARTS) is 1. The molecule has 1 heterocycles. The van der Waals surface area contributed by atoms with Crippen LogP contribution in [-0.4, -0.2) is 23.2 Å². The van der Waals surface area contributed by atoms with Crippen LogP contribution in [0.3, 0.4) is 0 Å². The Labute approximate surface area is 122 Å². The lowest BCUT2D eigenvalue weighted by atomic mass is 10.1. The molecule has 1 amide bonds. The van der Waals surface area contributed by atoms with Crippen molar-refractivity contribution >= 4 is 17.6 Å². The summed E-state index contributed by atoms with van der Waals surface area (Å²) in [5, 5.41) is 11.1. The predicted octanol–water partition coefficient (Wildman–Crippen LogP) is 3.33. The molecular formula is C14H10F3NO4. The molecule has 0 atom stereocenters. The molecule has 116 valence electrons. The normalized spacial score (nSPS) is 11.2. The van der Waals surface area contributed by atoms with E-state index in [0.29, 0.717) is 0 Å². The van der Waals surface area contributed by atoms with E-state index in [1.54, 1.807) is 0 Å². The molecule has 0 fully saturated rings. The zero-order chi connectivity index (χ0) is 16.3. The highest BCUT2D eigenvalue weighted by atomic mass is 19.4. The number of nitrogens with one attached hydrogen (secondary N) is 1. The van der Waals surface area contributed by atoms with Gasteiger partial charge in [0.1, 0.15) is 6.26 Å². The van der Waals surface area contributed by atoms with Crippen molar-refractivity contribution in [1.82, 2.24) is 0 Å². The minimum absolute atomic E-state index is 0.0664. The molecule has 1 aromatic carbocycles. The zero-order valence-electron chi connectivity index (χ0n) is 11.0. The molecule has 2 N–H and O–H groups in total. The maximum absolute atomic E-state index is 12.2. The van der Waals surface area contributed by atoms with Crippen LogP contribution in [0, 0.1) is 0 Å². The quantitative estimate of drug-likeness (QED) is 0.907. The third-order valence-electron chi connectivity index (χ3n) is 2.69. The number of amides is 1. The fourth-order valence-corrected chi connectivity index (χ4v) is 1.70. The van der Waals surface area contributed by atoms with Gasteiger partial charge in [0.05, 0.1) is 12.0 Å². The van der Waals surface area contributed by atoms with Gasteiger partial charge in [0, 0.05) is 11.8 Å². The van der Waals surface area contributed by atoms with Gasteiger partial charge in [-0.3, -0.25) is 4.79 Å². The van der Waals surface area contributed by atoms with Crippen LogP contribution >= 0.6 is 0 Å². The van der Waals surface area contributed by atoms with Crippen molar-refractivity contribution in [2.45, 2.75) is 12.6 Å². The summed E-state index contributed by atoms with van der Waals surface area (Å²) in [5.41, 5.74) is 0.159. The van der Waals surface area contributed by atoms with Crippen LogP contribution in [0.5, 0.6) is 0 Å². The average molecular weight is 313 g/mol. The lowest BCUT2D eigenvalue weighted by molar-refractivity contribution is -0.127. The van der Waals surface area contributed by atoms with Crippen LogP contribution in [0.2, 0.25) is 0 Å². The van der Waals surface area contributed by atoms with Gasteiger partial charge in [-0.1, -0.05) is 12.1 Å². The van der Waals surface area contributed by atoms with Gasteiger partial charge in [-0.2, -0.15) is 13.2 Å². The topological polar surface area (TPSA) is 79.5 Å². The largest absolute Gasteiger partial charge is 0.478 e. The molecule has 0 saturated carbocycles. The van der Waals surface area contributed by atoms with E-state index in [9.17, 15) is 22.8 Å². The predicted molar refractivity (Wildman–Crippen MR) is 69.8 cm³/mol. The molecule has 0 bridgehead atoms. The van der Waals surface area contributed by atoms with Crippen LogP contribution < -0.4 is 5.32 Å². The fourth-order valence-electron chi connectivity index (χ4n) is 1.70. The standard InChI is InChI=1S/C14H10F3NO4/c15-14(16,17)6-8-1-3-10(4-2-8)18-12(19)11-5-9(7-22-11)13(20)21/h1-5,7H,6H2,(H,18,19)(H,20,21). The Hall–Kier alpha value is -2.77. The molecule has 22 heavy (non-hydrogen) atoms. The van der Waals surface area contributed by atoms with E-state index in [0.717, 1.165) is 12.3 Å². The Morgan fingerprint density at radius 2 is 1.82 bits per heavy atom. The van der Waals surface area contributed by atoms with Crippen LogP contribution in [0.4, 0.5) is 18.9 Å². The smallest absolute Gasteiger partial charge is 0.393 e. The van der Waals surface area contributed by atoms with Crippen LogP contribution in [0.25, 0.3) is 0 Å². The molecular weight excluding hydrogens is 303 g/mol. The number of rotatable bonds is 4. The number of aromatic carboxylic acids is 1. The summed E-state index contributed by atoms with van der Waals surface area (Å²) in [4.78, 5) is 22.4. The third kappa shape index (κ3) is 4.11. The molecule has 0 aliphatic heterocycles. The summed E-state index contributed by atoms with van der Waals surface area (Å²) in [5.74, 6) is -2.15. The van der Waals surface area contributed by atoms with Crippen molar-refractivity contribution in [3.8, 4) is 0 Å². The maximum atomic E-state index is 12.2. The highest BCUT2D eigenvalue weighted by Gasteiger charge is 2.27. The van der Waals surface area contributed by atoms with E-state index in [1.807, 2.05) is 0 Å². The number of benzene rings is 1. The summed E-state index contributed by atoms with van der Waals surface area (Å²) in [6, 6.07) is 6.18. The maximum Gasteiger partial charge on any atom is 0.393 e. The Balaban J connectivity index is 2.03. The van der Waals surface area contributed by atoms with E-state index < -0.39 is 24.5 Å². The highest BCUT2D eigenvalue weighted by molar-refractivity contribution is 6.03. The molecule has 5 nitrogen and oxygen atoms in total. The summed E-state index contributed by atoms with van der Waals surface area (Å²) >= 11 is 0. The highest BCUT2D eigenvalue weighted by Crippen LogP contribution is 2.22. The third-order valence-corrected chi connectivity index (χ3v) is 2.69. The fraction of sp³-hybridized carbons (Fsp3) is 0.143. The summed E-state index contributed by atoms with van der Waals surface area (Å²) in [6.45, 7) is 0. The second-order valence-electron chi connectivity index (χ2n) is 4.45. The summed E-state index contributed by atoms with van der Waals surface area (Å²) in [6.07, 6.45) is -4.43. The number of hydrogen-bond acceptors (Lipinski definition) is 3. The molecule has 0 aliphatic carbocycles. The second-order valence-corrected chi connectivity index (χ2v) is 4.45. The van der Waals surface area contributed by atoms with Crippen LogP contribution in [0.1, 0.15) is 26.5 Å². The Kier molecular flexibility index (Phi) is 4.20. The lowest BCUT2D eigenvalue weighted by Gasteiger charge is -2.07. The van der Waals surface area contributed by atoms with E-state index in [4.69, 9.17) is 9.52 Å². The number of carbonyl (C=O) groups excluding carboxylic acids is 1. The van der Waals surface area contributed by atoms with E-state index >= 15 is 0 Å². The molecule has 0 unspecified atom stereocenters. The van der Waals surface area contributed by atoms with Gasteiger partial charge in [-0.15, -0.1) is 0 Å². The monoisotopic (exact) mass is 313 g/mol. The molecule has 2 aromatic rings. The zero-order valence-corrected chi connectivity index (χ0v) is 11.0. The van der Waals surface area contributed by atoms with Gasteiger partial charge in [0.25, 0.3) is 5.91 Å². The summed E-state index contributed by atoms with van der Waals surface area (Å²) in [7, 11) is 0. The number of anilines is 1. The molecule has 0 aliphatic rings. The van der Waals surface area contributed by atoms with Crippen molar-refractivity contribution in [2.75, 3.05) is 5.32 Å². The minimum Gasteiger partial charge on any atom is -0.478 e. The van der Waals surface area contributed by atoms with Crippen LogP contribution in [0.15, 0.2) is 41.0 Å². The lowest BCUT2D eigenvalue weighted by Crippen LogP contribution is -2.12. The molecule has 0 radical (unpaired) electrons. The van der Waals surface area contributed by atoms with Crippen molar-refractivity contribution in [3.63, 3.8) is 0 Å². The molecule has 0 spiro atoms. The molecule has 1 aromatic heterocycles. The Morgan fingerprint density at radius 3 is 2.32 bits per heavy atom. The first-order valence-corrected chi connectivity index (χ1v) is 6.03. The SMILES string of the molecule is O=C(O)c1coc(C(=O)Nc2ccc(CC(F)(F)F)cc2)c1. The van der Waals surface area contributed by atoms with Gasteiger partial charge in [0.2, 0.25) is 0 Å². The number of carboxylic acids is 1. The number of carbonyl (C=O) groups is 2. The van der Waals surface area contributed by atoms with Crippen LogP contribution in [-0.2, 0) is 6.42 Å². The number of furan rings is 1. The molecule has 2 rings (SSSR count). The van der Waals surface area contributed by atoms with Crippen molar-refractivity contribution < 1.29 is 32.3 Å². The van der Waals surface area contributed by atoms with Gasteiger partial charge in [-0.05, 0) is 17.7 Å². The van der Waals surface area contributed by atoms with Crippen molar-refractivity contribution in [2.24, 2.45) is 0 Å². The minimum atomic E-state index is -4.30. The second kappa shape index (κ2) is 5.92. The van der Waals surface area contributed by atoms with Crippen molar-refractivity contribution in [3.05, 3.63) is 53.5 Å². The van der Waals surface area contributed by atoms with E-state index in [2.05, 4.69) is 5.32 Å². The number of halogens is 3. The molecule has 0 saturated heterocycles. The number of hydrogen-bond donors (Lipinski definition) is 2. The average Bonchev–Trinajstić information content (AvgIpc) is 2.89. The molecule has 8 heteroatoms. The first-order chi connectivity index (χ1) is 10.2. The van der Waals surface area contributed by atoms with E-state index in [-0.39, 0.29) is 22.6 Å². The van der Waals surface area contributed by atoms with Gasteiger partial charge < -0.3 is 14.8 Å². The Bertz CT molecular complexity index is 689. The first kappa shape index (κ1) is 15.6. The first-order valence-electron chi connectivity index (χ1n) is 6.03. The van der Waals surface area contributed by atoms with Gasteiger partial charge >= 0.3 is 12.1 Å². The number of alkyl halides is 3. The van der Waals surface area contributed by atoms with E-state index in [1.165, 1.54) is 24.3 Å². The van der Waals surface area contributed by atoms with Crippen molar-refractivity contribution in [1.29, 1.82) is 0 Å². The van der Waals surface area contributed by atoms with Gasteiger partial charge in [0.15, 0.2) is 5.76 Å². The van der Waals surface area contributed by atoms with Gasteiger partial charge in [-0.25, -0.2) is 4.79 Å².